The molecular formula is C13H12N4O. The molecule has 0 bridgehead atoms. The van der Waals surface area contributed by atoms with Crippen LogP contribution in [0.2, 0.25) is 0 Å². The quantitative estimate of drug-likeness (QED) is 0.632. The Labute approximate surface area is 103 Å². The van der Waals surface area contributed by atoms with Crippen molar-refractivity contribution in [2.24, 2.45) is 5.73 Å². The summed E-state index contributed by atoms with van der Waals surface area (Å²) in [5, 5.41) is 0. The van der Waals surface area contributed by atoms with Gasteiger partial charge in [0.15, 0.2) is 0 Å². The Morgan fingerprint density at radius 3 is 2.83 bits per heavy atom. The van der Waals surface area contributed by atoms with Crippen LogP contribution in [-0.4, -0.2) is 15.0 Å². The minimum Gasteiger partial charge on any atom is -0.338 e. The first kappa shape index (κ1) is 10.7. The van der Waals surface area contributed by atoms with Crippen molar-refractivity contribution in [3.63, 3.8) is 0 Å². The SMILES string of the molecule is NCc1ccc2nc(-c3ccc(=O)[nH]c3)[nH]c2c1. The van der Waals surface area contributed by atoms with E-state index in [1.807, 2.05) is 18.2 Å². The molecule has 3 aromatic rings. The fourth-order valence-corrected chi connectivity index (χ4v) is 1.88. The number of hydrogen-bond acceptors (Lipinski definition) is 3. The molecule has 0 spiro atoms. The number of pyridine rings is 1. The average Bonchev–Trinajstić information content (AvgIpc) is 2.82. The van der Waals surface area contributed by atoms with Gasteiger partial charge in [0.2, 0.25) is 5.56 Å². The molecule has 0 saturated heterocycles. The summed E-state index contributed by atoms with van der Waals surface area (Å²) >= 11 is 0. The van der Waals surface area contributed by atoms with Crippen LogP contribution in [0.15, 0.2) is 41.3 Å². The van der Waals surface area contributed by atoms with Gasteiger partial charge in [-0.25, -0.2) is 4.98 Å². The number of fused-ring (bicyclic) bond motifs is 1. The third-order valence-corrected chi connectivity index (χ3v) is 2.84. The number of nitrogens with two attached hydrogens (primary N) is 1. The normalized spacial score (nSPS) is 10.9. The maximum Gasteiger partial charge on any atom is 0.247 e. The Kier molecular flexibility index (Phi) is 2.46. The number of H-pyrrole nitrogens is 2. The molecule has 1 aromatic carbocycles. The predicted octanol–water partition coefficient (Wildman–Crippen LogP) is 1.38. The molecule has 0 atom stereocenters. The van der Waals surface area contributed by atoms with Crippen LogP contribution in [0.25, 0.3) is 22.4 Å². The summed E-state index contributed by atoms with van der Waals surface area (Å²) in [5.41, 5.74) is 9.21. The van der Waals surface area contributed by atoms with E-state index in [1.165, 1.54) is 6.07 Å². The standard InChI is InChI=1S/C13H12N4O/c14-6-8-1-3-10-11(5-8)17-13(16-10)9-2-4-12(18)15-7-9/h1-5,7H,6,14H2,(H,15,18)(H,16,17). The van der Waals surface area contributed by atoms with Gasteiger partial charge in [-0.05, 0) is 23.8 Å². The monoisotopic (exact) mass is 240 g/mol. The van der Waals surface area contributed by atoms with Crippen LogP contribution >= 0.6 is 0 Å². The summed E-state index contributed by atoms with van der Waals surface area (Å²) < 4.78 is 0. The van der Waals surface area contributed by atoms with Gasteiger partial charge in [-0.15, -0.1) is 0 Å². The molecule has 0 fully saturated rings. The van der Waals surface area contributed by atoms with E-state index in [-0.39, 0.29) is 5.56 Å². The first-order valence-electron chi connectivity index (χ1n) is 5.64. The number of aromatic nitrogens is 3. The van der Waals surface area contributed by atoms with Gasteiger partial charge in [0.25, 0.3) is 0 Å². The molecule has 0 saturated carbocycles. The van der Waals surface area contributed by atoms with E-state index in [2.05, 4.69) is 15.0 Å². The number of nitrogens with one attached hydrogen (secondary N) is 2. The molecule has 2 aromatic heterocycles. The third kappa shape index (κ3) is 1.80. The summed E-state index contributed by atoms with van der Waals surface area (Å²) in [6, 6.07) is 9.09. The molecule has 0 amide bonds. The Balaban J connectivity index is 2.12. The van der Waals surface area contributed by atoms with Crippen LogP contribution in [0.5, 0.6) is 0 Å². The molecule has 3 rings (SSSR count). The van der Waals surface area contributed by atoms with Crippen LogP contribution in [-0.2, 0) is 6.54 Å². The van der Waals surface area contributed by atoms with Crippen molar-refractivity contribution < 1.29 is 0 Å². The molecule has 0 unspecified atom stereocenters. The maximum atomic E-state index is 11.0. The lowest BCUT2D eigenvalue weighted by Gasteiger charge is -1.94. The van der Waals surface area contributed by atoms with Gasteiger partial charge >= 0.3 is 0 Å². The van der Waals surface area contributed by atoms with Crippen molar-refractivity contribution in [1.29, 1.82) is 0 Å². The molecule has 90 valence electrons. The molecule has 2 heterocycles. The van der Waals surface area contributed by atoms with Crippen LogP contribution in [0, 0.1) is 0 Å². The number of nitrogens with zero attached hydrogens (tertiary/aromatic N) is 1. The van der Waals surface area contributed by atoms with Crippen molar-refractivity contribution in [1.82, 2.24) is 15.0 Å². The van der Waals surface area contributed by atoms with E-state index in [4.69, 9.17) is 5.73 Å². The second-order valence-corrected chi connectivity index (χ2v) is 4.08. The summed E-state index contributed by atoms with van der Waals surface area (Å²) in [7, 11) is 0. The maximum absolute atomic E-state index is 11.0. The number of aromatic amines is 2. The highest BCUT2D eigenvalue weighted by Crippen LogP contribution is 2.19. The minimum absolute atomic E-state index is 0.125. The van der Waals surface area contributed by atoms with Crippen LogP contribution < -0.4 is 11.3 Å². The number of hydrogen-bond donors (Lipinski definition) is 3. The lowest BCUT2D eigenvalue weighted by atomic mass is 10.2. The number of rotatable bonds is 2. The highest BCUT2D eigenvalue weighted by atomic mass is 16.1. The number of imidazole rings is 1. The fraction of sp³-hybridized carbons (Fsp3) is 0.0769. The first-order chi connectivity index (χ1) is 8.76. The lowest BCUT2D eigenvalue weighted by Crippen LogP contribution is -2.01. The van der Waals surface area contributed by atoms with Crippen LogP contribution in [0.4, 0.5) is 0 Å². The Bertz CT molecular complexity index is 737. The zero-order chi connectivity index (χ0) is 12.5. The molecule has 0 radical (unpaired) electrons. The average molecular weight is 240 g/mol. The predicted molar refractivity (Wildman–Crippen MR) is 70.0 cm³/mol. The fourth-order valence-electron chi connectivity index (χ4n) is 1.88. The van der Waals surface area contributed by atoms with Crippen molar-refractivity contribution >= 4 is 11.0 Å². The summed E-state index contributed by atoms with van der Waals surface area (Å²) in [6.45, 7) is 0.503. The second-order valence-electron chi connectivity index (χ2n) is 4.08. The van der Waals surface area contributed by atoms with Gasteiger partial charge in [0, 0.05) is 24.4 Å². The summed E-state index contributed by atoms with van der Waals surface area (Å²) in [5.74, 6) is 0.732. The molecule has 0 aliphatic carbocycles. The van der Waals surface area contributed by atoms with Gasteiger partial charge in [-0.1, -0.05) is 6.07 Å². The van der Waals surface area contributed by atoms with E-state index in [0.717, 1.165) is 28.0 Å². The van der Waals surface area contributed by atoms with E-state index in [9.17, 15) is 4.79 Å². The molecular weight excluding hydrogens is 228 g/mol. The minimum atomic E-state index is -0.125. The largest absolute Gasteiger partial charge is 0.338 e. The lowest BCUT2D eigenvalue weighted by molar-refractivity contribution is 1.07. The van der Waals surface area contributed by atoms with E-state index < -0.39 is 0 Å². The second kappa shape index (κ2) is 4.12. The van der Waals surface area contributed by atoms with Crippen molar-refractivity contribution in [2.45, 2.75) is 6.54 Å². The summed E-state index contributed by atoms with van der Waals surface area (Å²) in [6.07, 6.45) is 1.64. The molecule has 4 N–H and O–H groups in total. The Hall–Kier alpha value is -2.40. The molecule has 5 nitrogen and oxygen atoms in total. The van der Waals surface area contributed by atoms with E-state index in [0.29, 0.717) is 6.54 Å². The van der Waals surface area contributed by atoms with Gasteiger partial charge in [0.1, 0.15) is 5.82 Å². The molecule has 0 aliphatic heterocycles. The van der Waals surface area contributed by atoms with Crippen molar-refractivity contribution in [3.05, 3.63) is 52.4 Å². The first-order valence-corrected chi connectivity index (χ1v) is 5.64. The topological polar surface area (TPSA) is 87.6 Å². The van der Waals surface area contributed by atoms with Gasteiger partial charge < -0.3 is 15.7 Å². The highest BCUT2D eigenvalue weighted by Gasteiger charge is 2.05. The van der Waals surface area contributed by atoms with Gasteiger partial charge in [-0.3, -0.25) is 4.79 Å². The van der Waals surface area contributed by atoms with Gasteiger partial charge in [-0.2, -0.15) is 0 Å². The summed E-state index contributed by atoms with van der Waals surface area (Å²) in [4.78, 5) is 21.3. The van der Waals surface area contributed by atoms with Crippen LogP contribution in [0.3, 0.4) is 0 Å². The van der Waals surface area contributed by atoms with Crippen molar-refractivity contribution in [3.8, 4) is 11.4 Å². The molecule has 0 aliphatic rings. The Morgan fingerprint density at radius 2 is 2.11 bits per heavy atom. The third-order valence-electron chi connectivity index (χ3n) is 2.84. The van der Waals surface area contributed by atoms with E-state index >= 15 is 0 Å². The molecule has 5 heteroatoms. The smallest absolute Gasteiger partial charge is 0.247 e. The zero-order valence-corrected chi connectivity index (χ0v) is 9.60. The zero-order valence-electron chi connectivity index (χ0n) is 9.60. The highest BCUT2D eigenvalue weighted by molar-refractivity contribution is 5.79. The van der Waals surface area contributed by atoms with E-state index in [1.54, 1.807) is 12.3 Å². The molecule has 18 heavy (non-hydrogen) atoms. The Morgan fingerprint density at radius 1 is 1.22 bits per heavy atom. The van der Waals surface area contributed by atoms with Crippen LogP contribution in [0.1, 0.15) is 5.56 Å². The van der Waals surface area contributed by atoms with Crippen molar-refractivity contribution in [2.75, 3.05) is 0 Å². The van der Waals surface area contributed by atoms with Gasteiger partial charge in [0.05, 0.1) is 11.0 Å². The number of benzene rings is 1.